The van der Waals surface area contributed by atoms with E-state index in [1.807, 2.05) is 33.4 Å². The first-order chi connectivity index (χ1) is 17.8. The van der Waals surface area contributed by atoms with Crippen LogP contribution in [0.2, 0.25) is 0 Å². The minimum atomic E-state index is -0.871. The fourth-order valence-electron chi connectivity index (χ4n) is 7.30. The lowest BCUT2D eigenvalue weighted by atomic mass is 9.79. The summed E-state index contributed by atoms with van der Waals surface area (Å²) in [6.07, 6.45) is 9.11. The number of piperidine rings is 1. The third-order valence-corrected chi connectivity index (χ3v) is 9.39. The molecule has 2 N–H and O–H groups in total. The van der Waals surface area contributed by atoms with Gasteiger partial charge in [0.25, 0.3) is 0 Å². The van der Waals surface area contributed by atoms with Gasteiger partial charge in [-0.3, -0.25) is 19.5 Å². The Balaban J connectivity index is 1.14. The van der Waals surface area contributed by atoms with E-state index in [-0.39, 0.29) is 17.7 Å². The molecule has 3 saturated heterocycles. The molecule has 0 bridgehead atoms. The van der Waals surface area contributed by atoms with Crippen LogP contribution in [0.3, 0.4) is 0 Å². The van der Waals surface area contributed by atoms with Crippen LogP contribution >= 0.6 is 0 Å². The molecular weight excluding hydrogens is 468 g/mol. The van der Waals surface area contributed by atoms with E-state index in [1.165, 1.54) is 0 Å². The fourth-order valence-corrected chi connectivity index (χ4v) is 7.30. The molecule has 1 saturated carbocycles. The highest BCUT2D eigenvalue weighted by Gasteiger charge is 2.48. The Labute approximate surface area is 221 Å². The van der Waals surface area contributed by atoms with E-state index < -0.39 is 5.60 Å². The Morgan fingerprint density at radius 3 is 2.35 bits per heavy atom. The topological polar surface area (TPSA) is 92.2 Å². The van der Waals surface area contributed by atoms with Crippen LogP contribution in [0.25, 0.3) is 0 Å². The summed E-state index contributed by atoms with van der Waals surface area (Å²) in [4.78, 5) is 38.2. The number of nitrogens with one attached hydrogen (secondary N) is 1. The van der Waals surface area contributed by atoms with Crippen molar-refractivity contribution in [1.29, 1.82) is 0 Å². The predicted molar refractivity (Wildman–Crippen MR) is 143 cm³/mol. The van der Waals surface area contributed by atoms with Crippen LogP contribution in [0.1, 0.15) is 57.1 Å². The lowest BCUT2D eigenvalue weighted by Crippen LogP contribution is -2.47. The molecule has 9 nitrogen and oxygen atoms in total. The van der Waals surface area contributed by atoms with Gasteiger partial charge in [0.2, 0.25) is 11.8 Å². The quantitative estimate of drug-likeness (QED) is 0.596. The molecule has 0 spiro atoms. The number of fused-ring (bicyclic) bond motifs is 1. The molecule has 4 heterocycles. The summed E-state index contributed by atoms with van der Waals surface area (Å²) < 4.78 is 0. The summed E-state index contributed by atoms with van der Waals surface area (Å²) >= 11 is 0. The van der Waals surface area contributed by atoms with Gasteiger partial charge in [-0.2, -0.15) is 0 Å². The molecule has 4 fully saturated rings. The largest absolute Gasteiger partial charge is 0.384 e. The average Bonchev–Trinajstić information content (AvgIpc) is 3.52. The summed E-state index contributed by atoms with van der Waals surface area (Å²) in [5, 5.41) is 14.5. The second-order valence-electron chi connectivity index (χ2n) is 11.7. The minimum absolute atomic E-state index is 0.112. The first-order valence-corrected chi connectivity index (χ1v) is 14.2. The Bertz CT molecular complexity index is 953. The van der Waals surface area contributed by atoms with Gasteiger partial charge < -0.3 is 25.1 Å². The molecule has 4 aliphatic rings. The number of likely N-dealkylation sites (tertiary alicyclic amines) is 2. The number of hydrogen-bond acceptors (Lipinski definition) is 7. The average molecular weight is 513 g/mol. The van der Waals surface area contributed by atoms with Crippen LogP contribution in [0, 0.1) is 5.92 Å². The molecule has 1 aromatic heterocycles. The molecule has 3 aliphatic heterocycles. The number of amides is 2. The van der Waals surface area contributed by atoms with Gasteiger partial charge in [-0.1, -0.05) is 0 Å². The molecule has 0 radical (unpaired) electrons. The highest BCUT2D eigenvalue weighted by atomic mass is 16.3. The van der Waals surface area contributed by atoms with Gasteiger partial charge in [-0.05, 0) is 70.5 Å². The first-order valence-electron chi connectivity index (χ1n) is 14.2. The molecule has 2 amide bonds. The summed E-state index contributed by atoms with van der Waals surface area (Å²) in [6, 6.07) is 5.37. The molecule has 2 unspecified atom stereocenters. The van der Waals surface area contributed by atoms with Crippen LogP contribution in [0.5, 0.6) is 0 Å². The number of rotatable bonds is 6. The highest BCUT2D eigenvalue weighted by Crippen LogP contribution is 2.42. The van der Waals surface area contributed by atoms with E-state index in [9.17, 15) is 14.7 Å². The standard InChI is InChI=1S/C28H44N6O3/c1-29-19-26(35)34-17-11-23-24(34)10-16-33(23)21-6-12-28(37,13-7-21)25-5-4-22(18-30-25)32-14-8-20(9-15-32)27(36)31(2)3/h4-5,18,20-21,23-24,29,37H,6-17,19H2,1-3H3. The van der Waals surface area contributed by atoms with Gasteiger partial charge in [0, 0.05) is 64.3 Å². The van der Waals surface area contributed by atoms with Crippen molar-refractivity contribution in [3.05, 3.63) is 24.0 Å². The lowest BCUT2D eigenvalue weighted by molar-refractivity contribution is -0.133. The second kappa shape index (κ2) is 10.9. The summed E-state index contributed by atoms with van der Waals surface area (Å²) in [6.45, 7) is 4.04. The van der Waals surface area contributed by atoms with Crippen molar-refractivity contribution in [3.63, 3.8) is 0 Å². The predicted octanol–water partition coefficient (Wildman–Crippen LogP) is 1.41. The zero-order chi connectivity index (χ0) is 26.2. The van der Waals surface area contributed by atoms with Crippen LogP contribution in [-0.4, -0.2) is 109 Å². The number of likely N-dealkylation sites (N-methyl/N-ethyl adjacent to an activating group) is 1. The normalized spacial score (nSPS) is 31.0. The maximum Gasteiger partial charge on any atom is 0.236 e. The first kappa shape index (κ1) is 26.4. The zero-order valence-electron chi connectivity index (χ0n) is 22.7. The number of anilines is 1. The highest BCUT2D eigenvalue weighted by molar-refractivity contribution is 5.79. The van der Waals surface area contributed by atoms with E-state index in [1.54, 1.807) is 4.90 Å². The van der Waals surface area contributed by atoms with E-state index >= 15 is 0 Å². The molecule has 1 aliphatic carbocycles. The smallest absolute Gasteiger partial charge is 0.236 e. The van der Waals surface area contributed by atoms with Crippen molar-refractivity contribution < 1.29 is 14.7 Å². The third-order valence-electron chi connectivity index (χ3n) is 9.39. The van der Waals surface area contributed by atoms with E-state index in [2.05, 4.69) is 26.1 Å². The maximum absolute atomic E-state index is 12.5. The molecule has 9 heteroatoms. The summed E-state index contributed by atoms with van der Waals surface area (Å²) in [7, 11) is 5.49. The number of carbonyl (C=O) groups excluding carboxylic acids is 2. The Hall–Kier alpha value is -2.23. The van der Waals surface area contributed by atoms with Gasteiger partial charge >= 0.3 is 0 Å². The number of hydrogen-bond donors (Lipinski definition) is 2. The fraction of sp³-hybridized carbons (Fsp3) is 0.750. The monoisotopic (exact) mass is 512 g/mol. The number of aromatic nitrogens is 1. The number of nitrogens with zero attached hydrogens (tertiary/aromatic N) is 5. The Kier molecular flexibility index (Phi) is 7.75. The number of pyridine rings is 1. The van der Waals surface area contributed by atoms with E-state index in [0.29, 0.717) is 24.7 Å². The van der Waals surface area contributed by atoms with Crippen LogP contribution in [0.15, 0.2) is 18.3 Å². The molecular formula is C28H44N6O3. The van der Waals surface area contributed by atoms with Gasteiger partial charge in [-0.25, -0.2) is 0 Å². The zero-order valence-corrected chi connectivity index (χ0v) is 22.7. The van der Waals surface area contributed by atoms with Crippen molar-refractivity contribution >= 4 is 17.5 Å². The van der Waals surface area contributed by atoms with Crippen molar-refractivity contribution in [2.24, 2.45) is 5.92 Å². The van der Waals surface area contributed by atoms with Gasteiger partial charge in [0.1, 0.15) is 5.60 Å². The van der Waals surface area contributed by atoms with Crippen LogP contribution in [-0.2, 0) is 15.2 Å². The SMILES string of the molecule is CNCC(=O)N1CCC2C1CCN2C1CCC(O)(c2ccc(N3CCC(C(=O)N(C)C)CC3)cn2)CC1. The second-order valence-corrected chi connectivity index (χ2v) is 11.7. The molecule has 0 aromatic carbocycles. The van der Waals surface area contributed by atoms with Crippen LogP contribution < -0.4 is 10.2 Å². The van der Waals surface area contributed by atoms with E-state index in [0.717, 1.165) is 88.9 Å². The summed E-state index contributed by atoms with van der Waals surface area (Å²) in [5.74, 6) is 0.556. The van der Waals surface area contributed by atoms with Crippen LogP contribution in [0.4, 0.5) is 5.69 Å². The molecule has 1 aromatic rings. The van der Waals surface area contributed by atoms with Crippen molar-refractivity contribution in [1.82, 2.24) is 25.0 Å². The lowest BCUT2D eigenvalue weighted by Gasteiger charge is -2.41. The third kappa shape index (κ3) is 5.22. The van der Waals surface area contributed by atoms with Crippen molar-refractivity contribution in [2.45, 2.75) is 75.1 Å². The van der Waals surface area contributed by atoms with Crippen molar-refractivity contribution in [2.75, 3.05) is 58.8 Å². The minimum Gasteiger partial charge on any atom is -0.384 e. The Morgan fingerprint density at radius 1 is 1.03 bits per heavy atom. The van der Waals surface area contributed by atoms with Crippen molar-refractivity contribution in [3.8, 4) is 0 Å². The Morgan fingerprint density at radius 2 is 1.73 bits per heavy atom. The molecule has 204 valence electrons. The molecule has 5 rings (SSSR count). The number of aliphatic hydroxyl groups is 1. The van der Waals surface area contributed by atoms with E-state index in [4.69, 9.17) is 4.98 Å². The summed E-state index contributed by atoms with van der Waals surface area (Å²) in [5.41, 5.74) is 0.971. The molecule has 2 atom stereocenters. The van der Waals surface area contributed by atoms with Gasteiger partial charge in [0.05, 0.1) is 24.1 Å². The maximum atomic E-state index is 12.5. The number of carbonyl (C=O) groups is 2. The van der Waals surface area contributed by atoms with Gasteiger partial charge in [-0.15, -0.1) is 0 Å². The van der Waals surface area contributed by atoms with Gasteiger partial charge in [0.15, 0.2) is 0 Å². The molecule has 37 heavy (non-hydrogen) atoms.